The molecule has 7 heteroatoms. The molecular weight excluding hydrogens is 230 g/mol. The minimum absolute atomic E-state index is 0.104. The van der Waals surface area contributed by atoms with Crippen molar-refractivity contribution in [1.82, 2.24) is 10.0 Å². The van der Waals surface area contributed by atoms with Crippen LogP contribution in [0.25, 0.3) is 0 Å². The standard InChI is InChI=1S/C9H19N3O3S/c1-11-16(14,15)6-5-12-8(13)7-9(10)3-2-4-9/h11H,2-7,10H2,1H3,(H,12,13). The summed E-state index contributed by atoms with van der Waals surface area (Å²) in [5, 5.41) is 2.56. The summed E-state index contributed by atoms with van der Waals surface area (Å²) in [5.74, 6) is -0.277. The lowest BCUT2D eigenvalue weighted by Gasteiger charge is -2.37. The Kier molecular flexibility index (Phi) is 4.28. The number of carbonyl (C=O) groups is 1. The van der Waals surface area contributed by atoms with E-state index in [1.165, 1.54) is 7.05 Å². The van der Waals surface area contributed by atoms with Crippen molar-refractivity contribution in [2.24, 2.45) is 5.73 Å². The molecular formula is C9H19N3O3S. The second-order valence-electron chi connectivity index (χ2n) is 4.27. The van der Waals surface area contributed by atoms with Gasteiger partial charge in [0.1, 0.15) is 0 Å². The average molecular weight is 249 g/mol. The SMILES string of the molecule is CNS(=O)(=O)CCNC(=O)CC1(N)CCC1. The number of rotatable bonds is 6. The minimum Gasteiger partial charge on any atom is -0.355 e. The van der Waals surface area contributed by atoms with E-state index in [2.05, 4.69) is 10.0 Å². The number of amides is 1. The molecule has 0 radical (unpaired) electrons. The van der Waals surface area contributed by atoms with E-state index in [-0.39, 0.29) is 30.2 Å². The molecule has 0 heterocycles. The van der Waals surface area contributed by atoms with Gasteiger partial charge in [-0.1, -0.05) is 0 Å². The molecule has 1 rings (SSSR count). The molecule has 1 saturated carbocycles. The summed E-state index contributed by atoms with van der Waals surface area (Å²) >= 11 is 0. The zero-order valence-electron chi connectivity index (χ0n) is 9.45. The predicted octanol–water partition coefficient (Wildman–Crippen LogP) is -1.08. The zero-order chi connectivity index (χ0) is 12.2. The van der Waals surface area contributed by atoms with Crippen molar-refractivity contribution in [3.8, 4) is 0 Å². The monoisotopic (exact) mass is 249 g/mol. The fourth-order valence-corrected chi connectivity index (χ4v) is 2.19. The van der Waals surface area contributed by atoms with Gasteiger partial charge in [-0.3, -0.25) is 4.79 Å². The first-order valence-electron chi connectivity index (χ1n) is 5.34. The van der Waals surface area contributed by atoms with Crippen LogP contribution in [-0.4, -0.2) is 39.2 Å². The maximum atomic E-state index is 11.4. The lowest BCUT2D eigenvalue weighted by molar-refractivity contribution is -0.122. The second-order valence-corrected chi connectivity index (χ2v) is 6.31. The van der Waals surface area contributed by atoms with E-state index in [1.807, 2.05) is 0 Å². The Hall–Kier alpha value is -0.660. The first-order chi connectivity index (χ1) is 7.37. The normalized spacial score (nSPS) is 18.9. The molecule has 0 aliphatic heterocycles. The number of hydrogen-bond donors (Lipinski definition) is 3. The van der Waals surface area contributed by atoms with Crippen LogP contribution in [0.4, 0.5) is 0 Å². The van der Waals surface area contributed by atoms with Gasteiger partial charge < -0.3 is 11.1 Å². The first-order valence-corrected chi connectivity index (χ1v) is 6.99. The van der Waals surface area contributed by atoms with Crippen LogP contribution in [0.15, 0.2) is 0 Å². The van der Waals surface area contributed by atoms with Crippen LogP contribution in [0.2, 0.25) is 0 Å². The van der Waals surface area contributed by atoms with E-state index in [9.17, 15) is 13.2 Å². The average Bonchev–Trinajstić information content (AvgIpc) is 2.15. The van der Waals surface area contributed by atoms with Crippen LogP contribution >= 0.6 is 0 Å². The smallest absolute Gasteiger partial charge is 0.221 e. The molecule has 0 aromatic rings. The highest BCUT2D eigenvalue weighted by Crippen LogP contribution is 2.31. The van der Waals surface area contributed by atoms with Crippen LogP contribution < -0.4 is 15.8 Å². The fraction of sp³-hybridized carbons (Fsp3) is 0.889. The third-order valence-corrected chi connectivity index (χ3v) is 4.23. The van der Waals surface area contributed by atoms with Gasteiger partial charge in [0.2, 0.25) is 15.9 Å². The summed E-state index contributed by atoms with van der Waals surface area (Å²) in [6.07, 6.45) is 3.09. The fourth-order valence-electron chi connectivity index (χ4n) is 1.62. The largest absolute Gasteiger partial charge is 0.355 e. The number of carbonyl (C=O) groups excluding carboxylic acids is 1. The van der Waals surface area contributed by atoms with Crippen molar-refractivity contribution in [2.45, 2.75) is 31.2 Å². The first kappa shape index (κ1) is 13.4. The maximum Gasteiger partial charge on any atom is 0.221 e. The molecule has 0 bridgehead atoms. The number of nitrogens with two attached hydrogens (primary N) is 1. The highest BCUT2D eigenvalue weighted by Gasteiger charge is 2.34. The zero-order valence-corrected chi connectivity index (χ0v) is 10.3. The Morgan fingerprint density at radius 1 is 1.44 bits per heavy atom. The van der Waals surface area contributed by atoms with Gasteiger partial charge in [0.05, 0.1) is 5.75 Å². The predicted molar refractivity (Wildman–Crippen MR) is 61.2 cm³/mol. The van der Waals surface area contributed by atoms with Gasteiger partial charge in [-0.25, -0.2) is 13.1 Å². The van der Waals surface area contributed by atoms with Crippen LogP contribution in [0.1, 0.15) is 25.7 Å². The van der Waals surface area contributed by atoms with E-state index in [0.29, 0.717) is 0 Å². The van der Waals surface area contributed by atoms with Crippen LogP contribution in [0.3, 0.4) is 0 Å². The molecule has 0 spiro atoms. The van der Waals surface area contributed by atoms with Gasteiger partial charge in [0.15, 0.2) is 0 Å². The molecule has 0 aromatic heterocycles. The summed E-state index contributed by atoms with van der Waals surface area (Å²) in [7, 11) is -1.90. The van der Waals surface area contributed by atoms with Crippen molar-refractivity contribution < 1.29 is 13.2 Å². The highest BCUT2D eigenvalue weighted by atomic mass is 32.2. The summed E-state index contributed by atoms with van der Waals surface area (Å²) in [4.78, 5) is 11.4. The van der Waals surface area contributed by atoms with Gasteiger partial charge in [-0.2, -0.15) is 0 Å². The van der Waals surface area contributed by atoms with Gasteiger partial charge in [-0.15, -0.1) is 0 Å². The molecule has 0 atom stereocenters. The Morgan fingerprint density at radius 2 is 2.06 bits per heavy atom. The Morgan fingerprint density at radius 3 is 2.50 bits per heavy atom. The molecule has 1 aliphatic rings. The third-order valence-electron chi connectivity index (χ3n) is 2.87. The molecule has 1 fully saturated rings. The van der Waals surface area contributed by atoms with Crippen LogP contribution in [-0.2, 0) is 14.8 Å². The highest BCUT2D eigenvalue weighted by molar-refractivity contribution is 7.89. The van der Waals surface area contributed by atoms with Crippen LogP contribution in [0.5, 0.6) is 0 Å². The van der Waals surface area contributed by atoms with Crippen molar-refractivity contribution >= 4 is 15.9 Å². The molecule has 6 nitrogen and oxygen atoms in total. The maximum absolute atomic E-state index is 11.4. The van der Waals surface area contributed by atoms with Crippen molar-refractivity contribution in [3.05, 3.63) is 0 Å². The molecule has 4 N–H and O–H groups in total. The topological polar surface area (TPSA) is 101 Å². The Bertz CT molecular complexity index is 349. The molecule has 94 valence electrons. The van der Waals surface area contributed by atoms with Crippen LogP contribution in [0, 0.1) is 0 Å². The lowest BCUT2D eigenvalue weighted by atomic mass is 9.75. The van der Waals surface area contributed by atoms with Gasteiger partial charge in [0.25, 0.3) is 0 Å². The summed E-state index contributed by atoms with van der Waals surface area (Å²) in [6.45, 7) is 0.123. The summed E-state index contributed by atoms with van der Waals surface area (Å²) < 4.78 is 24.3. The Labute approximate surface area is 96.0 Å². The minimum atomic E-state index is -3.25. The lowest BCUT2D eigenvalue weighted by Crippen LogP contribution is -2.50. The molecule has 16 heavy (non-hydrogen) atoms. The molecule has 0 saturated heterocycles. The van der Waals surface area contributed by atoms with Gasteiger partial charge in [0, 0.05) is 18.5 Å². The van der Waals surface area contributed by atoms with Crippen molar-refractivity contribution in [1.29, 1.82) is 0 Å². The summed E-state index contributed by atoms with van der Waals surface area (Å²) in [5.41, 5.74) is 5.54. The number of hydrogen-bond acceptors (Lipinski definition) is 4. The van der Waals surface area contributed by atoms with Gasteiger partial charge >= 0.3 is 0 Å². The van der Waals surface area contributed by atoms with E-state index in [1.54, 1.807) is 0 Å². The number of sulfonamides is 1. The quantitative estimate of drug-likeness (QED) is 0.557. The van der Waals surface area contributed by atoms with Crippen molar-refractivity contribution in [3.63, 3.8) is 0 Å². The molecule has 0 unspecified atom stereocenters. The van der Waals surface area contributed by atoms with Crippen molar-refractivity contribution in [2.75, 3.05) is 19.3 Å². The number of nitrogens with one attached hydrogen (secondary N) is 2. The molecule has 1 amide bonds. The van der Waals surface area contributed by atoms with E-state index in [4.69, 9.17) is 5.73 Å². The Balaban J connectivity index is 2.20. The van der Waals surface area contributed by atoms with Gasteiger partial charge in [-0.05, 0) is 26.3 Å². The van der Waals surface area contributed by atoms with E-state index < -0.39 is 10.0 Å². The second kappa shape index (κ2) is 5.11. The van der Waals surface area contributed by atoms with E-state index in [0.717, 1.165) is 19.3 Å². The third kappa shape index (κ3) is 4.07. The van der Waals surface area contributed by atoms with E-state index >= 15 is 0 Å². The summed E-state index contributed by atoms with van der Waals surface area (Å²) in [6, 6.07) is 0. The molecule has 0 aromatic carbocycles. The molecule has 1 aliphatic carbocycles.